The third-order valence-electron chi connectivity index (χ3n) is 2.00. The molecule has 0 fully saturated rings. The van der Waals surface area contributed by atoms with Gasteiger partial charge in [0.05, 0.1) is 0 Å². The Kier molecular flexibility index (Phi) is 38.8. The molecule has 0 bridgehead atoms. The number of carbonyl (C=O) groups is 3. The maximum Gasteiger partial charge on any atom is 2.00 e. The molecular weight excluding hydrogens is 525 g/mol. The van der Waals surface area contributed by atoms with Crippen LogP contribution in [0.5, 0.6) is 0 Å². The first kappa shape index (κ1) is 37.5. The van der Waals surface area contributed by atoms with Gasteiger partial charge in [-0.2, -0.15) is 13.1 Å². The molecule has 0 aromatic carbocycles. The number of rotatable bonds is 9. The summed E-state index contributed by atoms with van der Waals surface area (Å²) in [5.41, 5.74) is 6.91. The Labute approximate surface area is 194 Å². The van der Waals surface area contributed by atoms with E-state index in [0.717, 1.165) is 39.8 Å². The quantitative estimate of drug-likeness (QED) is 0.282. The fraction of sp³-hybridized carbons (Fsp3) is 0.786. The molecule has 0 amide bonds. The first-order valence-corrected chi connectivity index (χ1v) is 9.39. The predicted molar refractivity (Wildman–Crippen MR) is 98.4 cm³/mol. The van der Waals surface area contributed by atoms with Gasteiger partial charge in [0.25, 0.3) is 17.9 Å². The predicted octanol–water partition coefficient (Wildman–Crippen LogP) is 1.95. The Hall–Kier alpha value is -0.248. The maximum absolute atomic E-state index is 9.00. The molecule has 0 aliphatic rings. The van der Waals surface area contributed by atoms with Gasteiger partial charge in [-0.15, -0.1) is 6.54 Å². The first-order valence-electron chi connectivity index (χ1n) is 7.46. The molecule has 0 saturated heterocycles. The van der Waals surface area contributed by atoms with E-state index >= 15 is 0 Å². The van der Waals surface area contributed by atoms with Gasteiger partial charge in [-0.1, -0.05) is 6.42 Å². The Morgan fingerprint density at radius 2 is 1.15 bits per heavy atom. The van der Waals surface area contributed by atoms with Crippen LogP contribution in [0.2, 0.25) is 6.04 Å². The number of carboxylic acid groups (broad SMARTS) is 3. The Morgan fingerprint density at radius 1 is 0.852 bits per heavy atom. The van der Waals surface area contributed by atoms with Crippen LogP contribution >= 0.6 is 0 Å². The Bertz CT molecular complexity index is 311. The third kappa shape index (κ3) is 51.8. The summed E-state index contributed by atoms with van der Waals surface area (Å²) in [6.07, 6.45) is 0.891. The molecule has 0 unspecified atom stereocenters. The third-order valence-corrected chi connectivity index (χ3v) is 4.83. The largest absolute Gasteiger partial charge is 2.00 e. The van der Waals surface area contributed by atoms with E-state index in [9.17, 15) is 0 Å². The van der Waals surface area contributed by atoms with Gasteiger partial charge < -0.3 is 39.6 Å². The number of hydrogen-bond acceptors (Lipinski definition) is 6. The fourth-order valence-corrected chi connectivity index (χ4v) is 2.86. The van der Waals surface area contributed by atoms with Crippen molar-refractivity contribution in [2.24, 2.45) is 0 Å². The van der Waals surface area contributed by atoms with Crippen LogP contribution in [-0.4, -0.2) is 83.0 Å². The van der Waals surface area contributed by atoms with E-state index in [-0.39, 0.29) is 39.9 Å². The molecule has 0 aromatic heterocycles. The van der Waals surface area contributed by atoms with Crippen molar-refractivity contribution in [3.8, 4) is 0 Å². The zero-order valence-corrected chi connectivity index (χ0v) is 19.9. The van der Waals surface area contributed by atoms with E-state index in [1.165, 1.54) is 0 Å². The minimum atomic E-state index is -2.38. The van der Waals surface area contributed by atoms with Crippen LogP contribution in [0.15, 0.2) is 0 Å². The fourth-order valence-electron chi connectivity index (χ4n) is 1.15. The summed E-state index contributed by atoms with van der Waals surface area (Å²) in [6, 6.07) is 0.776. The van der Waals surface area contributed by atoms with Gasteiger partial charge in [0.1, 0.15) is 0 Å². The second-order valence-electron chi connectivity index (χ2n) is 4.38. The monoisotopic (exact) mass is 558 g/mol. The molecule has 0 saturated carbocycles. The zero-order chi connectivity index (χ0) is 21.6. The van der Waals surface area contributed by atoms with Crippen LogP contribution in [-0.2, 0) is 27.7 Å². The summed E-state index contributed by atoms with van der Waals surface area (Å²) in [7, 11) is 2.45. The van der Waals surface area contributed by atoms with Gasteiger partial charge >= 0.3 is 48.7 Å². The van der Waals surface area contributed by atoms with E-state index < -0.39 is 26.7 Å². The molecule has 27 heavy (non-hydrogen) atoms. The van der Waals surface area contributed by atoms with Gasteiger partial charge in [-0.3, -0.25) is 14.4 Å². The van der Waals surface area contributed by atoms with Crippen LogP contribution in [0.3, 0.4) is 0 Å². The van der Waals surface area contributed by atoms with Crippen molar-refractivity contribution >= 4 is 26.7 Å². The van der Waals surface area contributed by atoms with Gasteiger partial charge in [-0.25, -0.2) is 0 Å². The van der Waals surface area contributed by atoms with E-state index in [2.05, 4.69) is 5.32 Å². The number of carboxylic acids is 3. The minimum absolute atomic E-state index is 0. The van der Waals surface area contributed by atoms with Crippen molar-refractivity contribution in [1.82, 2.24) is 0 Å². The first-order chi connectivity index (χ1) is 11.9. The zero-order valence-electron chi connectivity index (χ0n) is 16.6. The van der Waals surface area contributed by atoms with Crippen LogP contribution in [0.4, 0.5) is 0 Å². The average molecular weight is 558 g/mol. The van der Waals surface area contributed by atoms with Gasteiger partial charge in [0.2, 0.25) is 0 Å². The number of hydrogen-bond donors (Lipinski definition) is 3. The van der Waals surface area contributed by atoms with Crippen LogP contribution in [0, 0.1) is 39.9 Å². The molecule has 0 atom stereocenters. The molecule has 4 N–H and O–H groups in total. The van der Waals surface area contributed by atoms with Crippen molar-refractivity contribution in [1.29, 1.82) is 0 Å². The molecule has 0 heterocycles. The molecule has 0 rings (SSSR count). The van der Waals surface area contributed by atoms with Crippen molar-refractivity contribution in [2.75, 3.05) is 41.0 Å². The van der Waals surface area contributed by atoms with Gasteiger partial charge in [0, 0.05) is 48.1 Å². The van der Waals surface area contributed by atoms with E-state index in [0.29, 0.717) is 13.1 Å². The van der Waals surface area contributed by atoms with E-state index in [4.69, 9.17) is 48.7 Å². The molecular formula is C14H32GdN2O9Si. The molecule has 0 radical (unpaired) electrons. The topological polar surface area (TPSA) is 177 Å². The van der Waals surface area contributed by atoms with E-state index in [1.54, 1.807) is 21.3 Å². The van der Waals surface area contributed by atoms with Crippen molar-refractivity contribution in [2.45, 2.75) is 33.2 Å². The number of nitrogens with zero attached hydrogens (tertiary/aromatic N) is 1. The van der Waals surface area contributed by atoms with Crippen molar-refractivity contribution in [3.05, 3.63) is 11.1 Å². The molecule has 0 aliphatic heterocycles. The Balaban J connectivity index is -0.000000102. The van der Waals surface area contributed by atoms with Crippen molar-refractivity contribution in [3.63, 3.8) is 0 Å². The Morgan fingerprint density at radius 3 is 1.37 bits per heavy atom. The molecule has 0 spiro atoms. The summed E-state index contributed by atoms with van der Waals surface area (Å²) in [5.74, 6) is -2.50. The molecule has 11 nitrogen and oxygen atoms in total. The van der Waals surface area contributed by atoms with E-state index in [1.807, 2.05) is 0 Å². The van der Waals surface area contributed by atoms with Gasteiger partial charge in [0.15, 0.2) is 0 Å². The number of aliphatic carboxylic acids is 3. The van der Waals surface area contributed by atoms with Crippen LogP contribution in [0.25, 0.3) is 11.1 Å². The number of nitrogens with one attached hydrogen (secondary N) is 1. The molecule has 164 valence electrons. The SMILES string of the molecule is CC(=O)O.CC(=O)O.CC(=O)O.CO[Si](CCC[N-]CC[NH-])(OC)OC.[Gd+2]. The van der Waals surface area contributed by atoms with Crippen molar-refractivity contribution < 1.29 is 82.9 Å². The normalized spacial score (nSPS) is 9.00. The summed E-state index contributed by atoms with van der Waals surface area (Å²) >= 11 is 0. The minimum Gasteiger partial charge on any atom is -0.679 e. The summed E-state index contributed by atoms with van der Waals surface area (Å²) in [4.78, 5) is 27.0. The summed E-state index contributed by atoms with van der Waals surface area (Å²) in [5, 5.41) is 26.4. The average Bonchev–Trinajstić information content (AvgIpc) is 2.50. The smallest absolute Gasteiger partial charge is 0.679 e. The van der Waals surface area contributed by atoms with Gasteiger partial charge in [-0.05, 0) is 0 Å². The molecule has 13 heteroatoms. The maximum atomic E-state index is 9.00. The van der Waals surface area contributed by atoms with Crippen LogP contribution in [0.1, 0.15) is 27.2 Å². The second-order valence-corrected chi connectivity index (χ2v) is 7.47. The summed E-state index contributed by atoms with van der Waals surface area (Å²) < 4.78 is 15.8. The molecule has 0 aliphatic carbocycles. The van der Waals surface area contributed by atoms with Crippen LogP contribution < -0.4 is 0 Å². The molecule has 0 aromatic rings. The standard InChI is InChI=1S/C8H20N2O3Si.3C2H4O2.Gd/c1-11-14(12-2,13-3)8-4-6-10-7-5-9;3*1-2(3)4;/h9H,4-8H2,1-3H3;3*1H3,(H,3,4);/q-2;;;;+2. The second kappa shape index (κ2) is 28.0. The summed E-state index contributed by atoms with van der Waals surface area (Å²) in [6.45, 7) is 4.98.